The van der Waals surface area contributed by atoms with Crippen molar-refractivity contribution < 1.29 is 23.8 Å². The maximum absolute atomic E-state index is 11.4. The van der Waals surface area contributed by atoms with Crippen molar-refractivity contribution in [2.45, 2.75) is 0 Å². The van der Waals surface area contributed by atoms with Gasteiger partial charge in [-0.1, -0.05) is 12.1 Å². The molecule has 6 heteroatoms. The second kappa shape index (κ2) is 6.49. The van der Waals surface area contributed by atoms with E-state index in [9.17, 15) is 9.59 Å². The Morgan fingerprint density at radius 1 is 1.29 bits per heavy atom. The van der Waals surface area contributed by atoms with Crippen molar-refractivity contribution >= 4 is 12.1 Å². The summed E-state index contributed by atoms with van der Waals surface area (Å²) in [6.07, 6.45) is -0.910. The lowest BCUT2D eigenvalue weighted by Crippen LogP contribution is -2.17. The molecule has 0 aliphatic heterocycles. The van der Waals surface area contributed by atoms with E-state index in [1.165, 1.54) is 19.2 Å². The lowest BCUT2D eigenvalue weighted by atomic mass is 10.2. The number of nitrogens with two attached hydrogens (primary N) is 1. The van der Waals surface area contributed by atoms with Gasteiger partial charge in [0.2, 0.25) is 0 Å². The van der Waals surface area contributed by atoms with Crippen LogP contribution in [0.15, 0.2) is 24.3 Å². The number of carbonyl (C=O) groups excluding carboxylic acids is 2. The molecule has 0 aliphatic carbocycles. The topological polar surface area (TPSA) is 87.8 Å². The van der Waals surface area contributed by atoms with Gasteiger partial charge in [-0.3, -0.25) is 0 Å². The summed E-state index contributed by atoms with van der Waals surface area (Å²) in [5.74, 6) is -0.506. The molecule has 0 aromatic heterocycles. The Hall–Kier alpha value is -2.08. The van der Waals surface area contributed by atoms with Gasteiger partial charge in [0.05, 0.1) is 7.11 Å². The molecular formula is C11H13NO5. The highest BCUT2D eigenvalue weighted by molar-refractivity contribution is 5.93. The predicted octanol–water partition coefficient (Wildman–Crippen LogP) is 0.947. The molecule has 0 atom stereocenters. The average Bonchev–Trinajstić information content (AvgIpc) is 2.36. The van der Waals surface area contributed by atoms with Crippen LogP contribution in [0.25, 0.3) is 0 Å². The molecule has 92 valence electrons. The Labute approximate surface area is 98.3 Å². The first kappa shape index (κ1) is 13.0. The third kappa shape index (κ3) is 3.76. The molecular weight excluding hydrogens is 226 g/mol. The summed E-state index contributed by atoms with van der Waals surface area (Å²) in [4.78, 5) is 22.5. The summed E-state index contributed by atoms with van der Waals surface area (Å²) >= 11 is 0. The Morgan fingerprint density at radius 3 is 2.65 bits per heavy atom. The minimum absolute atomic E-state index is 0.0548. The van der Waals surface area contributed by atoms with Gasteiger partial charge >= 0.3 is 12.1 Å². The van der Waals surface area contributed by atoms with Gasteiger partial charge < -0.3 is 19.9 Å². The number of esters is 1. The monoisotopic (exact) mass is 239 g/mol. The number of hydrogen-bond acceptors (Lipinski definition) is 6. The SMILES string of the molecule is COC(=O)c1ccccc1OC(=O)OCCN. The van der Waals surface area contributed by atoms with Crippen molar-refractivity contribution in [1.29, 1.82) is 0 Å². The average molecular weight is 239 g/mol. The quantitative estimate of drug-likeness (QED) is 0.621. The maximum atomic E-state index is 11.4. The van der Waals surface area contributed by atoms with E-state index in [0.717, 1.165) is 0 Å². The maximum Gasteiger partial charge on any atom is 0.513 e. The van der Waals surface area contributed by atoms with E-state index in [4.69, 9.17) is 10.5 Å². The smallest absolute Gasteiger partial charge is 0.465 e. The van der Waals surface area contributed by atoms with Crippen LogP contribution in [0.2, 0.25) is 0 Å². The lowest BCUT2D eigenvalue weighted by Gasteiger charge is -2.08. The van der Waals surface area contributed by atoms with Gasteiger partial charge in [-0.2, -0.15) is 0 Å². The van der Waals surface area contributed by atoms with Crippen molar-refractivity contribution in [2.75, 3.05) is 20.3 Å². The normalized spacial score (nSPS) is 9.53. The molecule has 0 heterocycles. The molecule has 0 fully saturated rings. The van der Waals surface area contributed by atoms with Crippen LogP contribution in [0, 0.1) is 0 Å². The summed E-state index contributed by atoms with van der Waals surface area (Å²) in [7, 11) is 1.24. The van der Waals surface area contributed by atoms with Crippen molar-refractivity contribution in [1.82, 2.24) is 0 Å². The first-order valence-electron chi connectivity index (χ1n) is 4.91. The third-order valence-electron chi connectivity index (χ3n) is 1.82. The minimum Gasteiger partial charge on any atom is -0.465 e. The molecule has 6 nitrogen and oxygen atoms in total. The van der Waals surface area contributed by atoms with Crippen LogP contribution in [0.3, 0.4) is 0 Å². The summed E-state index contributed by atoms with van der Waals surface area (Å²) in [5, 5.41) is 0. The molecule has 0 bridgehead atoms. The van der Waals surface area contributed by atoms with Crippen LogP contribution in [0.5, 0.6) is 5.75 Å². The van der Waals surface area contributed by atoms with E-state index < -0.39 is 12.1 Å². The molecule has 2 N–H and O–H groups in total. The second-order valence-electron chi connectivity index (χ2n) is 2.98. The third-order valence-corrected chi connectivity index (χ3v) is 1.82. The van der Waals surface area contributed by atoms with Gasteiger partial charge in [0.1, 0.15) is 17.9 Å². The zero-order chi connectivity index (χ0) is 12.7. The molecule has 0 radical (unpaired) electrons. The summed E-state index contributed by atoms with van der Waals surface area (Å²) in [5.41, 5.74) is 5.32. The van der Waals surface area contributed by atoms with Crippen LogP contribution >= 0.6 is 0 Å². The first-order valence-corrected chi connectivity index (χ1v) is 4.91. The van der Waals surface area contributed by atoms with E-state index in [1.807, 2.05) is 0 Å². The standard InChI is InChI=1S/C11H13NO5/c1-15-10(13)8-4-2-3-5-9(8)17-11(14)16-7-6-12/h2-5H,6-7,12H2,1H3. The minimum atomic E-state index is -0.910. The highest BCUT2D eigenvalue weighted by atomic mass is 16.7. The van der Waals surface area contributed by atoms with Gasteiger partial charge in [0.25, 0.3) is 0 Å². The first-order chi connectivity index (χ1) is 8.19. The number of para-hydroxylation sites is 1. The van der Waals surface area contributed by atoms with Crippen molar-refractivity contribution in [2.24, 2.45) is 5.73 Å². The Kier molecular flexibility index (Phi) is 4.96. The second-order valence-corrected chi connectivity index (χ2v) is 2.98. The molecule has 1 aromatic rings. The number of benzene rings is 1. The van der Waals surface area contributed by atoms with E-state index in [0.29, 0.717) is 0 Å². The van der Waals surface area contributed by atoms with Crippen molar-refractivity contribution in [3.63, 3.8) is 0 Å². The van der Waals surface area contributed by atoms with Gasteiger partial charge in [-0.15, -0.1) is 0 Å². The van der Waals surface area contributed by atoms with E-state index in [1.54, 1.807) is 12.1 Å². The fraction of sp³-hybridized carbons (Fsp3) is 0.273. The van der Waals surface area contributed by atoms with Crippen LogP contribution < -0.4 is 10.5 Å². The molecule has 1 aromatic carbocycles. The molecule has 0 amide bonds. The van der Waals surface area contributed by atoms with Crippen LogP contribution in [-0.2, 0) is 9.47 Å². The van der Waals surface area contributed by atoms with Gasteiger partial charge in [-0.05, 0) is 12.1 Å². The summed E-state index contributed by atoms with van der Waals surface area (Å²) in [6, 6.07) is 6.20. The Balaban J connectivity index is 2.76. The fourth-order valence-electron chi connectivity index (χ4n) is 1.10. The van der Waals surface area contributed by atoms with E-state index in [-0.39, 0.29) is 24.5 Å². The Bertz CT molecular complexity index is 405. The van der Waals surface area contributed by atoms with Gasteiger partial charge in [0, 0.05) is 6.54 Å². The van der Waals surface area contributed by atoms with Crippen LogP contribution in [-0.4, -0.2) is 32.4 Å². The van der Waals surface area contributed by atoms with E-state index in [2.05, 4.69) is 9.47 Å². The molecule has 1 rings (SSSR count). The number of carbonyl (C=O) groups is 2. The number of methoxy groups -OCH3 is 1. The molecule has 17 heavy (non-hydrogen) atoms. The molecule has 0 aliphatic rings. The van der Waals surface area contributed by atoms with Crippen LogP contribution in [0.4, 0.5) is 4.79 Å². The fourth-order valence-corrected chi connectivity index (χ4v) is 1.10. The molecule has 0 saturated carbocycles. The summed E-state index contributed by atoms with van der Waals surface area (Å²) in [6.45, 7) is 0.257. The van der Waals surface area contributed by atoms with Crippen molar-refractivity contribution in [3.8, 4) is 5.75 Å². The number of ether oxygens (including phenoxy) is 3. The highest BCUT2D eigenvalue weighted by Crippen LogP contribution is 2.19. The van der Waals surface area contributed by atoms with Crippen LogP contribution in [0.1, 0.15) is 10.4 Å². The number of hydrogen-bond donors (Lipinski definition) is 1. The van der Waals surface area contributed by atoms with Gasteiger partial charge in [0.15, 0.2) is 0 Å². The summed E-state index contributed by atoms with van der Waals surface area (Å²) < 4.78 is 14.0. The molecule has 0 unspecified atom stereocenters. The van der Waals surface area contributed by atoms with Gasteiger partial charge in [-0.25, -0.2) is 9.59 Å². The van der Waals surface area contributed by atoms with E-state index >= 15 is 0 Å². The zero-order valence-electron chi connectivity index (χ0n) is 9.34. The largest absolute Gasteiger partial charge is 0.513 e. The lowest BCUT2D eigenvalue weighted by molar-refractivity contribution is 0.0594. The van der Waals surface area contributed by atoms with Crippen molar-refractivity contribution in [3.05, 3.63) is 29.8 Å². The zero-order valence-corrected chi connectivity index (χ0v) is 9.34. The molecule has 0 spiro atoms. The molecule has 0 saturated heterocycles. The highest BCUT2D eigenvalue weighted by Gasteiger charge is 2.15. The predicted molar refractivity (Wildman–Crippen MR) is 58.8 cm³/mol. The number of rotatable bonds is 4. The Morgan fingerprint density at radius 2 is 2.00 bits per heavy atom.